The third-order valence-corrected chi connectivity index (χ3v) is 5.37. The third-order valence-electron chi connectivity index (χ3n) is 5.37. The maximum absolute atomic E-state index is 12.6. The fraction of sp³-hybridized carbons (Fsp3) is 0.381. The molecule has 148 valence electrons. The highest BCUT2D eigenvalue weighted by Crippen LogP contribution is 2.32. The molecular weight excluding hydrogens is 358 g/mol. The van der Waals surface area contributed by atoms with Gasteiger partial charge in [0.2, 0.25) is 12.7 Å². The second kappa shape index (κ2) is 7.98. The Kier molecular flexibility index (Phi) is 5.25. The molecule has 2 aromatic rings. The molecule has 0 aliphatic carbocycles. The van der Waals surface area contributed by atoms with Crippen molar-refractivity contribution < 1.29 is 19.4 Å². The number of nitrogens with zero attached hydrogens (tertiary/aromatic N) is 2. The van der Waals surface area contributed by atoms with Crippen LogP contribution in [0.2, 0.25) is 0 Å². The zero-order valence-corrected chi connectivity index (χ0v) is 15.9. The Morgan fingerprint density at radius 3 is 2.64 bits per heavy atom. The van der Waals surface area contributed by atoms with Crippen LogP contribution in [0, 0.1) is 0 Å². The average molecular weight is 383 g/mol. The van der Waals surface area contributed by atoms with E-state index in [0.29, 0.717) is 12.3 Å². The number of hydrogen-bond acceptors (Lipinski definition) is 6. The van der Waals surface area contributed by atoms with Gasteiger partial charge in [-0.25, -0.2) is 0 Å². The lowest BCUT2D eigenvalue weighted by Gasteiger charge is -2.38. The van der Waals surface area contributed by atoms with Gasteiger partial charge in [0.15, 0.2) is 11.5 Å². The Morgan fingerprint density at radius 1 is 1.11 bits per heavy atom. The van der Waals surface area contributed by atoms with Crippen molar-refractivity contribution in [2.24, 2.45) is 0 Å². The molecule has 4 rings (SSSR count). The van der Waals surface area contributed by atoms with E-state index in [1.165, 1.54) is 0 Å². The number of para-hydroxylation sites is 2. The second-order valence-corrected chi connectivity index (χ2v) is 7.09. The van der Waals surface area contributed by atoms with E-state index in [0.717, 1.165) is 48.9 Å². The van der Waals surface area contributed by atoms with Gasteiger partial charge in [-0.3, -0.25) is 9.69 Å². The molecule has 0 aromatic heterocycles. The van der Waals surface area contributed by atoms with Crippen molar-refractivity contribution in [2.75, 3.05) is 37.9 Å². The maximum atomic E-state index is 12.6. The van der Waals surface area contributed by atoms with E-state index in [1.54, 1.807) is 6.07 Å². The van der Waals surface area contributed by atoms with E-state index in [4.69, 9.17) is 9.47 Å². The first-order valence-corrected chi connectivity index (χ1v) is 9.55. The lowest BCUT2D eigenvalue weighted by atomic mass is 10.1. The van der Waals surface area contributed by atoms with Crippen LogP contribution in [0.15, 0.2) is 42.5 Å². The fourth-order valence-electron chi connectivity index (χ4n) is 3.64. The maximum Gasteiger partial charge on any atom is 0.237 e. The summed E-state index contributed by atoms with van der Waals surface area (Å²) >= 11 is 0. The highest BCUT2D eigenvalue weighted by Gasteiger charge is 2.26. The zero-order valence-electron chi connectivity index (χ0n) is 15.9. The highest BCUT2D eigenvalue weighted by molar-refractivity contribution is 5.81. The van der Waals surface area contributed by atoms with Crippen molar-refractivity contribution in [3.05, 3.63) is 48.0 Å². The van der Waals surface area contributed by atoms with Crippen molar-refractivity contribution in [3.63, 3.8) is 0 Å². The van der Waals surface area contributed by atoms with Gasteiger partial charge in [-0.15, -0.1) is 0 Å². The summed E-state index contributed by atoms with van der Waals surface area (Å²) < 4.78 is 10.7. The Bertz CT molecular complexity index is 849. The van der Waals surface area contributed by atoms with Gasteiger partial charge in [-0.1, -0.05) is 18.2 Å². The Hall–Kier alpha value is -2.93. The Labute approximate surface area is 164 Å². The van der Waals surface area contributed by atoms with Crippen LogP contribution in [-0.2, 0) is 11.3 Å². The molecule has 1 fully saturated rings. The Balaban J connectivity index is 1.28. The molecule has 7 heteroatoms. The molecule has 2 aliphatic rings. The van der Waals surface area contributed by atoms with Gasteiger partial charge in [0.05, 0.1) is 11.7 Å². The molecule has 2 N–H and O–H groups in total. The number of nitrogens with one attached hydrogen (secondary N) is 1. The van der Waals surface area contributed by atoms with Crippen LogP contribution < -0.4 is 19.7 Å². The topological polar surface area (TPSA) is 74.3 Å². The third kappa shape index (κ3) is 3.84. The van der Waals surface area contributed by atoms with Crippen molar-refractivity contribution in [3.8, 4) is 17.2 Å². The number of carbonyl (C=O) groups is 1. The Morgan fingerprint density at radius 2 is 1.86 bits per heavy atom. The summed E-state index contributed by atoms with van der Waals surface area (Å²) in [5.74, 6) is 1.77. The molecule has 0 saturated carbocycles. The van der Waals surface area contributed by atoms with Crippen molar-refractivity contribution in [2.45, 2.75) is 19.5 Å². The fourth-order valence-corrected chi connectivity index (χ4v) is 3.64. The monoisotopic (exact) mass is 383 g/mol. The van der Waals surface area contributed by atoms with Gasteiger partial charge >= 0.3 is 0 Å². The predicted octanol–water partition coefficient (Wildman–Crippen LogP) is 1.95. The van der Waals surface area contributed by atoms with Crippen molar-refractivity contribution >= 4 is 11.6 Å². The van der Waals surface area contributed by atoms with E-state index in [1.807, 2.05) is 43.3 Å². The predicted molar refractivity (Wildman–Crippen MR) is 106 cm³/mol. The van der Waals surface area contributed by atoms with E-state index in [2.05, 4.69) is 15.1 Å². The molecule has 0 radical (unpaired) electrons. The SMILES string of the molecule is C[C@@H](C(=O)NCc1ccc2c(c1)OCO2)N1CCN(c2ccccc2O)CC1. The van der Waals surface area contributed by atoms with Gasteiger partial charge in [0, 0.05) is 32.7 Å². The van der Waals surface area contributed by atoms with E-state index >= 15 is 0 Å². The lowest BCUT2D eigenvalue weighted by molar-refractivity contribution is -0.126. The summed E-state index contributed by atoms with van der Waals surface area (Å²) in [7, 11) is 0. The van der Waals surface area contributed by atoms with Crippen molar-refractivity contribution in [1.82, 2.24) is 10.2 Å². The minimum Gasteiger partial charge on any atom is -0.506 e. The number of piperazine rings is 1. The van der Waals surface area contributed by atoms with Crippen LogP contribution in [0.5, 0.6) is 17.2 Å². The summed E-state index contributed by atoms with van der Waals surface area (Å²) in [6.07, 6.45) is 0. The summed E-state index contributed by atoms with van der Waals surface area (Å²) in [5.41, 5.74) is 1.83. The normalized spacial score (nSPS) is 17.4. The van der Waals surface area contributed by atoms with Gasteiger partial charge in [-0.2, -0.15) is 0 Å². The van der Waals surface area contributed by atoms with Crippen LogP contribution in [0.1, 0.15) is 12.5 Å². The number of carbonyl (C=O) groups excluding carboxylic acids is 1. The van der Waals surface area contributed by atoms with Crippen LogP contribution in [0.4, 0.5) is 5.69 Å². The first-order valence-electron chi connectivity index (χ1n) is 9.55. The van der Waals surface area contributed by atoms with E-state index in [9.17, 15) is 9.90 Å². The molecule has 0 bridgehead atoms. The zero-order chi connectivity index (χ0) is 19.5. The molecule has 2 heterocycles. The molecule has 28 heavy (non-hydrogen) atoms. The summed E-state index contributed by atoms with van der Waals surface area (Å²) in [6, 6.07) is 12.9. The van der Waals surface area contributed by atoms with Gasteiger partial charge in [-0.05, 0) is 36.8 Å². The van der Waals surface area contributed by atoms with Crippen molar-refractivity contribution in [1.29, 1.82) is 0 Å². The first-order chi connectivity index (χ1) is 13.6. The van der Waals surface area contributed by atoms with Crippen LogP contribution in [0.25, 0.3) is 0 Å². The van der Waals surface area contributed by atoms with Gasteiger partial charge in [0.25, 0.3) is 0 Å². The molecule has 0 unspecified atom stereocenters. The number of rotatable bonds is 5. The standard InChI is InChI=1S/C21H25N3O4/c1-15(21(26)22-13-16-6-7-19-20(12-16)28-14-27-19)23-8-10-24(11-9-23)17-4-2-3-5-18(17)25/h2-7,12,15,25H,8-11,13-14H2,1H3,(H,22,26)/t15-/m0/s1. The van der Waals surface area contributed by atoms with E-state index in [-0.39, 0.29) is 18.7 Å². The number of phenolic OH excluding ortho intramolecular Hbond substituents is 1. The number of anilines is 1. The molecule has 2 aliphatic heterocycles. The molecule has 1 amide bonds. The summed E-state index contributed by atoms with van der Waals surface area (Å²) in [4.78, 5) is 16.9. The number of benzene rings is 2. The minimum absolute atomic E-state index is 0.00803. The van der Waals surface area contributed by atoms with Crippen LogP contribution >= 0.6 is 0 Å². The molecular formula is C21H25N3O4. The smallest absolute Gasteiger partial charge is 0.237 e. The number of amides is 1. The van der Waals surface area contributed by atoms with Gasteiger partial charge in [0.1, 0.15) is 5.75 Å². The summed E-state index contributed by atoms with van der Waals surface area (Å²) in [5, 5.41) is 13.0. The minimum atomic E-state index is -0.208. The molecule has 7 nitrogen and oxygen atoms in total. The molecule has 0 spiro atoms. The molecule has 2 aromatic carbocycles. The number of ether oxygens (including phenoxy) is 2. The molecule has 1 atom stereocenters. The number of phenols is 1. The quantitative estimate of drug-likeness (QED) is 0.822. The first kappa shape index (κ1) is 18.4. The number of hydrogen-bond donors (Lipinski definition) is 2. The largest absolute Gasteiger partial charge is 0.506 e. The van der Waals surface area contributed by atoms with Gasteiger partial charge < -0.3 is 24.8 Å². The van der Waals surface area contributed by atoms with Crippen LogP contribution in [-0.4, -0.2) is 54.9 Å². The summed E-state index contributed by atoms with van der Waals surface area (Å²) in [6.45, 7) is 5.73. The highest BCUT2D eigenvalue weighted by atomic mass is 16.7. The lowest BCUT2D eigenvalue weighted by Crippen LogP contribution is -2.53. The van der Waals surface area contributed by atoms with Crippen LogP contribution in [0.3, 0.4) is 0 Å². The number of fused-ring (bicyclic) bond motifs is 1. The second-order valence-electron chi connectivity index (χ2n) is 7.09. The average Bonchev–Trinajstić information content (AvgIpc) is 3.20. The van der Waals surface area contributed by atoms with E-state index < -0.39 is 0 Å². The molecule has 1 saturated heterocycles. The number of aromatic hydroxyl groups is 1.